The maximum Gasteiger partial charge on any atom is 0.405 e. The Morgan fingerprint density at radius 3 is 2.63 bits per heavy atom. The summed E-state index contributed by atoms with van der Waals surface area (Å²) in [4.78, 5) is 16.0. The lowest BCUT2D eigenvalue weighted by Gasteiger charge is -2.10. The van der Waals surface area contributed by atoms with Gasteiger partial charge in [0.1, 0.15) is 18.9 Å². The first-order chi connectivity index (χ1) is 16.8. The second-order valence-corrected chi connectivity index (χ2v) is 7.56. The molecular formula is C22H16F3N7O3. The van der Waals surface area contributed by atoms with Gasteiger partial charge < -0.3 is 14.6 Å². The number of amides is 1. The van der Waals surface area contributed by atoms with Gasteiger partial charge in [0.25, 0.3) is 5.91 Å². The molecule has 0 saturated heterocycles. The van der Waals surface area contributed by atoms with Crippen molar-refractivity contribution in [2.45, 2.75) is 19.7 Å². The van der Waals surface area contributed by atoms with E-state index in [1.54, 1.807) is 18.3 Å². The molecule has 13 heteroatoms. The van der Waals surface area contributed by atoms with Crippen LogP contribution in [0.2, 0.25) is 0 Å². The number of fused-ring (bicyclic) bond motifs is 3. The van der Waals surface area contributed by atoms with Crippen LogP contribution in [0.15, 0.2) is 53.2 Å². The molecule has 1 N–H and O–H groups in total. The van der Waals surface area contributed by atoms with Crippen LogP contribution in [0, 0.1) is 6.92 Å². The molecule has 0 spiro atoms. The molecule has 1 aromatic carbocycles. The van der Waals surface area contributed by atoms with Gasteiger partial charge in [-0.3, -0.25) is 9.78 Å². The van der Waals surface area contributed by atoms with E-state index >= 15 is 0 Å². The first-order valence-corrected chi connectivity index (χ1v) is 10.3. The minimum Gasteiger partial charge on any atom is -0.470 e. The fourth-order valence-corrected chi connectivity index (χ4v) is 3.36. The number of rotatable bonds is 6. The highest BCUT2D eigenvalue weighted by molar-refractivity contribution is 5.97. The van der Waals surface area contributed by atoms with Crippen molar-refractivity contribution in [3.05, 3.63) is 65.7 Å². The summed E-state index contributed by atoms with van der Waals surface area (Å²) in [5.74, 6) is 0.391. The van der Waals surface area contributed by atoms with Gasteiger partial charge in [-0.1, -0.05) is 23.4 Å². The number of alkyl halides is 3. The number of aromatic nitrogens is 6. The van der Waals surface area contributed by atoms with E-state index in [4.69, 9.17) is 9.26 Å². The average molecular weight is 483 g/mol. The van der Waals surface area contributed by atoms with Gasteiger partial charge in [0, 0.05) is 23.0 Å². The van der Waals surface area contributed by atoms with Crippen LogP contribution in [-0.2, 0) is 6.61 Å². The van der Waals surface area contributed by atoms with Crippen LogP contribution < -0.4 is 10.1 Å². The highest BCUT2D eigenvalue weighted by Crippen LogP contribution is 2.29. The Balaban J connectivity index is 1.40. The largest absolute Gasteiger partial charge is 0.470 e. The van der Waals surface area contributed by atoms with Gasteiger partial charge in [-0.25, -0.2) is 0 Å². The number of nitrogens with one attached hydrogen (secondary N) is 1. The fourth-order valence-electron chi connectivity index (χ4n) is 3.36. The maximum atomic E-state index is 12.3. The third-order valence-electron chi connectivity index (χ3n) is 4.98. The van der Waals surface area contributed by atoms with Gasteiger partial charge in [0.15, 0.2) is 11.3 Å². The molecule has 0 unspecified atom stereocenters. The molecule has 0 radical (unpaired) electrons. The zero-order valence-corrected chi connectivity index (χ0v) is 18.1. The molecule has 4 aromatic heterocycles. The van der Waals surface area contributed by atoms with Crippen molar-refractivity contribution in [3.63, 3.8) is 0 Å². The van der Waals surface area contributed by atoms with E-state index in [1.165, 1.54) is 22.8 Å². The molecule has 5 aromatic rings. The molecule has 0 aliphatic carbocycles. The van der Waals surface area contributed by atoms with Crippen LogP contribution in [-0.4, -0.2) is 48.6 Å². The summed E-state index contributed by atoms with van der Waals surface area (Å²) in [7, 11) is 0. The third kappa shape index (κ3) is 4.60. The predicted molar refractivity (Wildman–Crippen MR) is 115 cm³/mol. The van der Waals surface area contributed by atoms with Gasteiger partial charge in [-0.2, -0.15) is 17.7 Å². The van der Waals surface area contributed by atoms with Crippen molar-refractivity contribution in [1.82, 2.24) is 35.3 Å². The average Bonchev–Trinajstić information content (AvgIpc) is 3.47. The predicted octanol–water partition coefficient (Wildman–Crippen LogP) is 3.51. The Bertz CT molecular complexity index is 1530. The zero-order valence-electron chi connectivity index (χ0n) is 18.1. The molecule has 0 saturated carbocycles. The van der Waals surface area contributed by atoms with Crippen molar-refractivity contribution in [2.24, 2.45) is 0 Å². The lowest BCUT2D eigenvalue weighted by Crippen LogP contribution is -2.33. The highest BCUT2D eigenvalue weighted by Gasteiger charge is 2.28. The standard InChI is InChI=1S/C22H16F3N7O3/c1-12-8-17(31-35-12)19-29-28-18-15-4-2-3-5-16(15)21(30-32(18)19)34-10-14-7-6-13(9-26-14)20(33)27-11-22(23,24)25/h2-9H,10-11H2,1H3,(H,27,33). The normalized spacial score (nSPS) is 11.8. The van der Waals surface area contributed by atoms with Crippen LogP contribution in [0.4, 0.5) is 13.2 Å². The SMILES string of the molecule is Cc1cc(-c2nnc3c4ccccc4c(OCc4ccc(C(=O)NCC(F)(F)F)cn4)nn23)no1. The molecular weight excluding hydrogens is 467 g/mol. The summed E-state index contributed by atoms with van der Waals surface area (Å²) in [6.45, 7) is 0.333. The van der Waals surface area contributed by atoms with E-state index in [0.717, 1.165) is 5.39 Å². The first kappa shape index (κ1) is 22.3. The van der Waals surface area contributed by atoms with Crippen LogP contribution in [0.25, 0.3) is 27.9 Å². The third-order valence-corrected chi connectivity index (χ3v) is 4.98. The zero-order chi connectivity index (χ0) is 24.6. The molecule has 5 rings (SSSR count). The Morgan fingerprint density at radius 1 is 1.14 bits per heavy atom. The molecule has 0 atom stereocenters. The molecule has 1 amide bonds. The van der Waals surface area contributed by atoms with Gasteiger partial charge in [0.2, 0.25) is 11.7 Å². The Kier molecular flexibility index (Phi) is 5.51. The number of benzene rings is 1. The van der Waals surface area contributed by atoms with Crippen molar-refractivity contribution in [3.8, 4) is 17.4 Å². The maximum absolute atomic E-state index is 12.3. The van der Waals surface area contributed by atoms with Crippen molar-refractivity contribution >= 4 is 22.3 Å². The number of hydrogen-bond donors (Lipinski definition) is 1. The van der Waals surface area contributed by atoms with Crippen molar-refractivity contribution in [2.75, 3.05) is 6.54 Å². The first-order valence-electron chi connectivity index (χ1n) is 10.3. The molecule has 35 heavy (non-hydrogen) atoms. The Hall–Kier alpha value is -4.55. The van der Waals surface area contributed by atoms with Gasteiger partial charge >= 0.3 is 6.18 Å². The lowest BCUT2D eigenvalue weighted by atomic mass is 10.2. The number of aryl methyl sites for hydroxylation is 1. The number of hydrogen-bond acceptors (Lipinski definition) is 8. The van der Waals surface area contributed by atoms with Gasteiger partial charge in [0.05, 0.1) is 11.3 Å². The van der Waals surface area contributed by atoms with E-state index in [1.807, 2.05) is 24.3 Å². The number of nitrogens with zero attached hydrogens (tertiary/aromatic N) is 6. The lowest BCUT2D eigenvalue weighted by molar-refractivity contribution is -0.123. The molecule has 10 nitrogen and oxygen atoms in total. The Morgan fingerprint density at radius 2 is 1.94 bits per heavy atom. The van der Waals surface area contributed by atoms with E-state index in [2.05, 4.69) is 25.4 Å². The Labute approximate surface area is 194 Å². The van der Waals surface area contributed by atoms with Gasteiger partial charge in [-0.15, -0.1) is 15.3 Å². The van der Waals surface area contributed by atoms with Crippen LogP contribution in [0.1, 0.15) is 21.8 Å². The topological polar surface area (TPSA) is 120 Å². The smallest absolute Gasteiger partial charge is 0.405 e. The minimum absolute atomic E-state index is 0.0000292. The van der Waals surface area contributed by atoms with E-state index < -0.39 is 18.6 Å². The molecule has 0 bridgehead atoms. The van der Waals surface area contributed by atoms with Crippen LogP contribution >= 0.6 is 0 Å². The fraction of sp³-hybridized carbons (Fsp3) is 0.182. The van der Waals surface area contributed by atoms with Crippen LogP contribution in [0.5, 0.6) is 5.88 Å². The molecule has 0 aliphatic heterocycles. The summed E-state index contributed by atoms with van der Waals surface area (Å²) in [6, 6.07) is 11.9. The monoisotopic (exact) mass is 483 g/mol. The second kappa shape index (κ2) is 8.66. The van der Waals surface area contributed by atoms with E-state index in [0.29, 0.717) is 34.0 Å². The molecule has 0 aliphatic rings. The summed E-state index contributed by atoms with van der Waals surface area (Å²) >= 11 is 0. The summed E-state index contributed by atoms with van der Waals surface area (Å²) in [6.07, 6.45) is -3.31. The molecule has 178 valence electrons. The van der Waals surface area contributed by atoms with Crippen molar-refractivity contribution < 1.29 is 27.2 Å². The van der Waals surface area contributed by atoms with Crippen LogP contribution in [0.3, 0.4) is 0 Å². The van der Waals surface area contributed by atoms with Crippen molar-refractivity contribution in [1.29, 1.82) is 0 Å². The summed E-state index contributed by atoms with van der Waals surface area (Å²) in [5, 5.41) is 20.2. The number of carbonyl (C=O) groups is 1. The molecule has 0 fully saturated rings. The second-order valence-electron chi connectivity index (χ2n) is 7.56. The van der Waals surface area contributed by atoms with E-state index in [-0.39, 0.29) is 18.1 Å². The number of halogens is 3. The number of ether oxygens (including phenoxy) is 1. The number of carbonyl (C=O) groups excluding carboxylic acids is 1. The molecule has 4 heterocycles. The summed E-state index contributed by atoms with van der Waals surface area (Å²) in [5.41, 5.74) is 1.42. The minimum atomic E-state index is -4.50. The van der Waals surface area contributed by atoms with Gasteiger partial charge in [-0.05, 0) is 25.1 Å². The quantitative estimate of drug-likeness (QED) is 0.390. The van der Waals surface area contributed by atoms with E-state index in [9.17, 15) is 18.0 Å². The highest BCUT2D eigenvalue weighted by atomic mass is 19.4. The summed E-state index contributed by atoms with van der Waals surface area (Å²) < 4.78 is 49.5. The number of pyridine rings is 1.